The van der Waals surface area contributed by atoms with Crippen molar-refractivity contribution in [3.05, 3.63) is 34.3 Å². The third-order valence-corrected chi connectivity index (χ3v) is 2.58. The molecule has 0 saturated heterocycles. The van der Waals surface area contributed by atoms with Crippen LogP contribution in [0, 0.1) is 6.92 Å². The molecule has 17 heavy (non-hydrogen) atoms. The lowest BCUT2D eigenvalue weighted by atomic mass is 9.89. The van der Waals surface area contributed by atoms with E-state index in [-0.39, 0.29) is 5.56 Å². The molecule has 0 amide bonds. The summed E-state index contributed by atoms with van der Waals surface area (Å²) in [6.45, 7) is 1.42. The highest BCUT2D eigenvalue weighted by Crippen LogP contribution is 2.38. The molecule has 88 valence electrons. The summed E-state index contributed by atoms with van der Waals surface area (Å²) < 4.78 is 0. The lowest BCUT2D eigenvalue weighted by Crippen LogP contribution is -2.22. The second-order valence-electron chi connectivity index (χ2n) is 3.67. The summed E-state index contributed by atoms with van der Waals surface area (Å²) in [6, 6.07) is 1.09. The third kappa shape index (κ3) is 1.27. The summed E-state index contributed by atoms with van der Waals surface area (Å²) >= 11 is 0. The highest BCUT2D eigenvalue weighted by atomic mass is 16.3. The van der Waals surface area contributed by atoms with Gasteiger partial charge < -0.3 is 20.4 Å². The van der Waals surface area contributed by atoms with Crippen molar-refractivity contribution in [2.24, 2.45) is 0 Å². The summed E-state index contributed by atoms with van der Waals surface area (Å²) in [5.41, 5.74) is -0.826. The van der Waals surface area contributed by atoms with Gasteiger partial charge in [-0.3, -0.25) is 9.59 Å². The van der Waals surface area contributed by atoms with Gasteiger partial charge >= 0.3 is 0 Å². The Kier molecular flexibility index (Phi) is 2.10. The predicted molar refractivity (Wildman–Crippen MR) is 55.5 cm³/mol. The van der Waals surface area contributed by atoms with E-state index in [4.69, 9.17) is 0 Å². The van der Waals surface area contributed by atoms with Crippen LogP contribution in [0.4, 0.5) is 0 Å². The molecule has 0 radical (unpaired) electrons. The van der Waals surface area contributed by atoms with Crippen molar-refractivity contribution in [1.29, 1.82) is 0 Å². The molecular formula is C11H8O6. The molecule has 0 aliphatic heterocycles. The maximum Gasteiger partial charge on any atom is 0.236 e. The number of rotatable bonds is 0. The quantitative estimate of drug-likeness (QED) is 0.501. The van der Waals surface area contributed by atoms with Crippen molar-refractivity contribution < 1.29 is 30.0 Å². The molecular weight excluding hydrogens is 228 g/mol. The van der Waals surface area contributed by atoms with Gasteiger partial charge in [0.2, 0.25) is 23.1 Å². The second-order valence-corrected chi connectivity index (χ2v) is 3.67. The number of aromatic hydroxyl groups is 2. The molecule has 1 aromatic carbocycles. The van der Waals surface area contributed by atoms with E-state index in [9.17, 15) is 30.0 Å². The maximum atomic E-state index is 11.6. The monoisotopic (exact) mass is 236 g/mol. The number of phenols is 2. The lowest BCUT2D eigenvalue weighted by molar-refractivity contribution is 0.0875. The topological polar surface area (TPSA) is 115 Å². The Morgan fingerprint density at radius 2 is 1.35 bits per heavy atom. The van der Waals surface area contributed by atoms with Crippen LogP contribution >= 0.6 is 0 Å². The number of fused-ring (bicyclic) bond motifs is 1. The van der Waals surface area contributed by atoms with Gasteiger partial charge in [0, 0.05) is 0 Å². The first-order valence-electron chi connectivity index (χ1n) is 4.63. The molecule has 0 aromatic heterocycles. The average Bonchev–Trinajstić information content (AvgIpc) is 2.28. The van der Waals surface area contributed by atoms with Crippen LogP contribution in [0.25, 0.3) is 0 Å². The molecule has 0 spiro atoms. The first kappa shape index (κ1) is 11.0. The van der Waals surface area contributed by atoms with E-state index in [1.165, 1.54) is 6.92 Å². The van der Waals surface area contributed by atoms with E-state index in [0.717, 1.165) is 6.07 Å². The molecule has 2 rings (SSSR count). The van der Waals surface area contributed by atoms with E-state index in [0.29, 0.717) is 0 Å². The molecule has 0 heterocycles. The van der Waals surface area contributed by atoms with Gasteiger partial charge in [0.05, 0.1) is 11.1 Å². The van der Waals surface area contributed by atoms with Gasteiger partial charge in [-0.2, -0.15) is 0 Å². The SMILES string of the molecule is Cc1cc(O)c2c(c1O)C(=O)C(O)=C(O)C2=O. The Hall–Kier alpha value is -2.50. The number of aryl methyl sites for hydroxylation is 1. The second kappa shape index (κ2) is 3.24. The number of ketones is 2. The molecule has 1 aromatic rings. The number of benzene rings is 1. The fourth-order valence-corrected chi connectivity index (χ4v) is 1.69. The van der Waals surface area contributed by atoms with Crippen LogP contribution in [0.2, 0.25) is 0 Å². The number of aliphatic hydroxyl groups is 2. The van der Waals surface area contributed by atoms with Crippen LogP contribution in [-0.2, 0) is 0 Å². The van der Waals surface area contributed by atoms with Crippen molar-refractivity contribution >= 4 is 11.6 Å². The van der Waals surface area contributed by atoms with Crippen LogP contribution < -0.4 is 0 Å². The largest absolute Gasteiger partial charge is 0.507 e. The van der Waals surface area contributed by atoms with E-state index >= 15 is 0 Å². The van der Waals surface area contributed by atoms with Gasteiger partial charge in [0.1, 0.15) is 11.5 Å². The number of phenolic OH excluding ortho intramolecular Hbond substituents is 2. The van der Waals surface area contributed by atoms with Crippen LogP contribution in [0.1, 0.15) is 26.3 Å². The molecule has 1 aliphatic rings. The van der Waals surface area contributed by atoms with Gasteiger partial charge in [-0.1, -0.05) is 0 Å². The van der Waals surface area contributed by atoms with Gasteiger partial charge in [-0.05, 0) is 18.6 Å². The van der Waals surface area contributed by atoms with E-state index < -0.39 is 45.7 Å². The number of carbonyl (C=O) groups is 2. The van der Waals surface area contributed by atoms with Crippen molar-refractivity contribution in [2.75, 3.05) is 0 Å². The maximum absolute atomic E-state index is 11.6. The third-order valence-electron chi connectivity index (χ3n) is 2.58. The summed E-state index contributed by atoms with van der Waals surface area (Å²) in [5.74, 6) is -5.52. The highest BCUT2D eigenvalue weighted by Gasteiger charge is 2.37. The minimum absolute atomic E-state index is 0.177. The summed E-state index contributed by atoms with van der Waals surface area (Å²) in [6.07, 6.45) is 0. The van der Waals surface area contributed by atoms with Gasteiger partial charge in [0.25, 0.3) is 0 Å². The van der Waals surface area contributed by atoms with Gasteiger partial charge in [0.15, 0.2) is 0 Å². The molecule has 0 atom stereocenters. The zero-order chi connectivity index (χ0) is 12.9. The zero-order valence-corrected chi connectivity index (χ0v) is 8.68. The summed E-state index contributed by atoms with van der Waals surface area (Å²) in [4.78, 5) is 23.2. The average molecular weight is 236 g/mol. The van der Waals surface area contributed by atoms with Crippen LogP contribution in [-0.4, -0.2) is 32.0 Å². The lowest BCUT2D eigenvalue weighted by Gasteiger charge is -2.17. The van der Waals surface area contributed by atoms with Crippen molar-refractivity contribution in [1.82, 2.24) is 0 Å². The molecule has 1 aliphatic carbocycles. The van der Waals surface area contributed by atoms with Crippen molar-refractivity contribution in [3.63, 3.8) is 0 Å². The van der Waals surface area contributed by atoms with Crippen molar-refractivity contribution in [2.45, 2.75) is 6.92 Å². The Bertz CT molecular complexity index is 596. The fourth-order valence-electron chi connectivity index (χ4n) is 1.69. The number of allylic oxidation sites excluding steroid dienone is 2. The zero-order valence-electron chi connectivity index (χ0n) is 8.68. The molecule has 0 fully saturated rings. The van der Waals surface area contributed by atoms with E-state index in [1.54, 1.807) is 0 Å². The fraction of sp³-hybridized carbons (Fsp3) is 0.0909. The number of hydrogen-bond acceptors (Lipinski definition) is 6. The minimum atomic E-state index is -1.14. The van der Waals surface area contributed by atoms with E-state index in [1.807, 2.05) is 0 Å². The molecule has 0 saturated carbocycles. The summed E-state index contributed by atoms with van der Waals surface area (Å²) in [7, 11) is 0. The molecule has 4 N–H and O–H groups in total. The molecule has 0 unspecified atom stereocenters. The molecule has 6 nitrogen and oxygen atoms in total. The Morgan fingerprint density at radius 1 is 0.882 bits per heavy atom. The normalized spacial score (nSPS) is 15.1. The van der Waals surface area contributed by atoms with Crippen molar-refractivity contribution in [3.8, 4) is 11.5 Å². The Morgan fingerprint density at radius 3 is 1.88 bits per heavy atom. The number of Topliss-reactive ketones (excluding diaryl/α,β-unsaturated/α-hetero) is 2. The number of aliphatic hydroxyl groups excluding tert-OH is 2. The molecule has 6 heteroatoms. The first-order chi connectivity index (χ1) is 7.86. The first-order valence-corrected chi connectivity index (χ1v) is 4.63. The van der Waals surface area contributed by atoms with E-state index in [2.05, 4.69) is 0 Å². The standard InChI is InChI=1S/C11H8O6/c1-3-2-4(12)5-6(7(3)13)9(15)11(17)10(16)8(5)14/h2,12-13,16-17H,1H3. The number of carbonyl (C=O) groups excluding carboxylic acids is 2. The smallest absolute Gasteiger partial charge is 0.236 e. The highest BCUT2D eigenvalue weighted by molar-refractivity contribution is 6.27. The van der Waals surface area contributed by atoms with Crippen LogP contribution in [0.3, 0.4) is 0 Å². The Labute approximate surface area is 95.1 Å². The molecule has 0 bridgehead atoms. The predicted octanol–water partition coefficient (Wildman–Crippen LogP) is 1.11. The van der Waals surface area contributed by atoms with Crippen LogP contribution in [0.15, 0.2) is 17.6 Å². The minimum Gasteiger partial charge on any atom is -0.507 e. The van der Waals surface area contributed by atoms with Gasteiger partial charge in [-0.15, -0.1) is 0 Å². The Balaban J connectivity index is 2.90. The van der Waals surface area contributed by atoms with Gasteiger partial charge in [-0.25, -0.2) is 0 Å². The van der Waals surface area contributed by atoms with Crippen LogP contribution in [0.5, 0.6) is 11.5 Å². The summed E-state index contributed by atoms with van der Waals surface area (Å²) in [5, 5.41) is 37.7. The number of hydrogen-bond donors (Lipinski definition) is 4.